The number of rotatable bonds is 2. The third kappa shape index (κ3) is 3.82. The van der Waals surface area contributed by atoms with Crippen LogP contribution in [0.1, 0.15) is 16.6 Å². The molecule has 0 aliphatic heterocycles. The first kappa shape index (κ1) is 15.0. The van der Waals surface area contributed by atoms with Gasteiger partial charge in [-0.1, -0.05) is 6.07 Å². The molecule has 0 fully saturated rings. The molecule has 0 radical (unpaired) electrons. The van der Waals surface area contributed by atoms with Crippen molar-refractivity contribution in [3.05, 3.63) is 35.1 Å². The smallest absolute Gasteiger partial charge is 0.746 e. The molecule has 0 amide bonds. The van der Waals surface area contributed by atoms with Gasteiger partial charge in [-0.05, 0) is 24.6 Å². The number of halogens is 1. The van der Waals surface area contributed by atoms with Crippen molar-refractivity contribution in [1.82, 2.24) is 0 Å². The molecule has 1 N–H and O–H groups in total. The summed E-state index contributed by atoms with van der Waals surface area (Å²) in [4.78, 5) is 0. The average molecular weight is 242 g/mol. The van der Waals surface area contributed by atoms with E-state index in [9.17, 15) is 17.4 Å². The third-order valence-electron chi connectivity index (χ3n) is 1.78. The van der Waals surface area contributed by atoms with Gasteiger partial charge in [0.1, 0.15) is 15.9 Å². The van der Waals surface area contributed by atoms with E-state index in [1.165, 1.54) is 13.0 Å². The van der Waals surface area contributed by atoms with Crippen molar-refractivity contribution in [2.45, 2.75) is 12.4 Å². The molecule has 4 nitrogen and oxygen atoms in total. The van der Waals surface area contributed by atoms with Crippen LogP contribution in [0.5, 0.6) is 0 Å². The zero-order valence-corrected chi connectivity index (χ0v) is 11.1. The molecule has 1 atom stereocenters. The van der Waals surface area contributed by atoms with Gasteiger partial charge in [-0.15, -0.1) is 0 Å². The molecular weight excluding hydrogens is 234 g/mol. The molecular formula is C8H8FNaO4S. The SMILES string of the molecule is Cc1ccc(F)cc1C(O)S(=O)(=O)[O-].[Na+]. The number of benzene rings is 1. The van der Waals surface area contributed by atoms with Crippen molar-refractivity contribution >= 4 is 10.1 Å². The molecule has 0 spiro atoms. The van der Waals surface area contributed by atoms with Crippen LogP contribution in [0.4, 0.5) is 4.39 Å². The molecule has 0 saturated carbocycles. The fraction of sp³-hybridized carbons (Fsp3) is 0.250. The standard InChI is InChI=1S/C8H9FO4S.Na/c1-5-2-3-6(9)4-7(5)8(10)14(11,12)13;/h2-4,8,10H,1H3,(H,11,12,13);/q;+1/p-1. The first-order chi connectivity index (χ1) is 6.32. The molecule has 0 saturated heterocycles. The van der Waals surface area contributed by atoms with E-state index < -0.39 is 21.4 Å². The average Bonchev–Trinajstić information content (AvgIpc) is 2.06. The van der Waals surface area contributed by atoms with Gasteiger partial charge in [0.15, 0.2) is 5.44 Å². The zero-order valence-electron chi connectivity index (χ0n) is 8.27. The van der Waals surface area contributed by atoms with E-state index in [-0.39, 0.29) is 35.1 Å². The van der Waals surface area contributed by atoms with E-state index in [4.69, 9.17) is 5.11 Å². The van der Waals surface area contributed by atoms with Crippen LogP contribution in [0.25, 0.3) is 0 Å². The minimum absolute atomic E-state index is 0. The van der Waals surface area contributed by atoms with Crippen LogP contribution >= 0.6 is 0 Å². The van der Waals surface area contributed by atoms with E-state index in [0.717, 1.165) is 12.1 Å². The summed E-state index contributed by atoms with van der Waals surface area (Å²) in [5, 5.41) is 9.10. The Morgan fingerprint density at radius 1 is 1.47 bits per heavy atom. The van der Waals surface area contributed by atoms with Crippen molar-refractivity contribution < 1.29 is 52.0 Å². The Hall–Kier alpha value is 0.0200. The van der Waals surface area contributed by atoms with Crippen molar-refractivity contribution in [3.8, 4) is 0 Å². The summed E-state index contributed by atoms with van der Waals surface area (Å²) in [6.07, 6.45) is 0. The minimum Gasteiger partial charge on any atom is -0.746 e. The van der Waals surface area contributed by atoms with Crippen LogP contribution < -0.4 is 29.6 Å². The quantitative estimate of drug-likeness (QED) is 0.466. The van der Waals surface area contributed by atoms with Gasteiger partial charge in [0.2, 0.25) is 0 Å². The molecule has 0 heterocycles. The Morgan fingerprint density at radius 2 is 2.00 bits per heavy atom. The first-order valence-electron chi connectivity index (χ1n) is 3.71. The van der Waals surface area contributed by atoms with Gasteiger partial charge in [-0.25, -0.2) is 12.8 Å². The molecule has 1 aromatic carbocycles. The molecule has 0 aliphatic rings. The fourth-order valence-corrected chi connectivity index (χ4v) is 1.60. The summed E-state index contributed by atoms with van der Waals surface area (Å²) in [6, 6.07) is 3.23. The summed E-state index contributed by atoms with van der Waals surface area (Å²) < 4.78 is 44.1. The Balaban J connectivity index is 0.00000196. The van der Waals surface area contributed by atoms with Gasteiger partial charge in [0.05, 0.1) is 0 Å². The summed E-state index contributed by atoms with van der Waals surface area (Å²) in [7, 11) is -4.86. The van der Waals surface area contributed by atoms with Crippen molar-refractivity contribution in [3.63, 3.8) is 0 Å². The molecule has 1 aromatic rings. The number of hydrogen-bond donors (Lipinski definition) is 1. The monoisotopic (exact) mass is 242 g/mol. The van der Waals surface area contributed by atoms with Crippen LogP contribution in [-0.4, -0.2) is 18.1 Å². The number of aryl methyl sites for hydroxylation is 1. The predicted molar refractivity (Wildman–Crippen MR) is 45.8 cm³/mol. The number of aliphatic hydroxyl groups excluding tert-OH is 1. The second kappa shape index (κ2) is 5.38. The topological polar surface area (TPSA) is 77.4 Å². The maximum absolute atomic E-state index is 12.7. The van der Waals surface area contributed by atoms with Crippen LogP contribution in [-0.2, 0) is 10.1 Å². The van der Waals surface area contributed by atoms with Gasteiger partial charge in [-0.3, -0.25) is 0 Å². The first-order valence-corrected chi connectivity index (χ1v) is 5.18. The Morgan fingerprint density at radius 3 is 2.47 bits per heavy atom. The van der Waals surface area contributed by atoms with Crippen molar-refractivity contribution in [2.24, 2.45) is 0 Å². The van der Waals surface area contributed by atoms with Gasteiger partial charge in [0, 0.05) is 5.56 Å². The van der Waals surface area contributed by atoms with E-state index in [0.29, 0.717) is 5.56 Å². The van der Waals surface area contributed by atoms with Gasteiger partial charge in [0.25, 0.3) is 0 Å². The zero-order chi connectivity index (χ0) is 10.9. The normalized spacial score (nSPS) is 13.1. The van der Waals surface area contributed by atoms with Gasteiger partial charge < -0.3 is 9.66 Å². The van der Waals surface area contributed by atoms with E-state index in [1.54, 1.807) is 0 Å². The summed E-state index contributed by atoms with van der Waals surface area (Å²) in [5.74, 6) is -0.701. The van der Waals surface area contributed by atoms with E-state index in [1.807, 2.05) is 0 Å². The predicted octanol–water partition coefficient (Wildman–Crippen LogP) is -2.33. The van der Waals surface area contributed by atoms with Crippen LogP contribution in [0.2, 0.25) is 0 Å². The molecule has 0 aromatic heterocycles. The minimum atomic E-state index is -4.86. The summed E-state index contributed by atoms with van der Waals surface area (Å²) in [5.41, 5.74) is -2.09. The van der Waals surface area contributed by atoms with Crippen LogP contribution in [0, 0.1) is 12.7 Å². The Labute approximate surface area is 109 Å². The molecule has 0 aliphatic carbocycles. The van der Waals surface area contributed by atoms with Crippen molar-refractivity contribution in [2.75, 3.05) is 0 Å². The maximum atomic E-state index is 12.7. The van der Waals surface area contributed by atoms with Gasteiger partial charge in [-0.2, -0.15) is 0 Å². The van der Waals surface area contributed by atoms with E-state index >= 15 is 0 Å². The Bertz CT molecular complexity index is 446. The molecule has 0 bridgehead atoms. The fourth-order valence-electron chi connectivity index (χ4n) is 1.03. The number of hydrogen-bond acceptors (Lipinski definition) is 4. The molecule has 1 unspecified atom stereocenters. The third-order valence-corrected chi connectivity index (χ3v) is 2.58. The van der Waals surface area contributed by atoms with Gasteiger partial charge >= 0.3 is 29.6 Å². The Kier molecular flexibility index (Phi) is 5.39. The molecule has 7 heteroatoms. The van der Waals surface area contributed by atoms with E-state index in [2.05, 4.69) is 0 Å². The summed E-state index contributed by atoms with van der Waals surface area (Å²) >= 11 is 0. The largest absolute Gasteiger partial charge is 1.00 e. The molecule has 78 valence electrons. The number of aliphatic hydroxyl groups is 1. The maximum Gasteiger partial charge on any atom is 1.00 e. The second-order valence-electron chi connectivity index (χ2n) is 2.85. The molecule has 15 heavy (non-hydrogen) atoms. The molecule has 1 rings (SSSR count). The van der Waals surface area contributed by atoms with Crippen molar-refractivity contribution in [1.29, 1.82) is 0 Å². The van der Waals surface area contributed by atoms with Crippen LogP contribution in [0.3, 0.4) is 0 Å². The van der Waals surface area contributed by atoms with Crippen LogP contribution in [0.15, 0.2) is 18.2 Å². The second-order valence-corrected chi connectivity index (χ2v) is 4.28. The summed E-state index contributed by atoms with van der Waals surface area (Å²) in [6.45, 7) is 1.48.